The Morgan fingerprint density at radius 1 is 1.17 bits per heavy atom. The lowest BCUT2D eigenvalue weighted by molar-refractivity contribution is 0.195. The van der Waals surface area contributed by atoms with E-state index in [9.17, 15) is 0 Å². The zero-order valence-electron chi connectivity index (χ0n) is 14.8. The molecule has 0 unspecified atom stereocenters. The minimum Gasteiger partial charge on any atom is -0.385 e. The van der Waals surface area contributed by atoms with Gasteiger partial charge in [0.15, 0.2) is 11.8 Å². The first-order valence-electron chi connectivity index (χ1n) is 8.05. The average Bonchev–Trinajstić information content (AvgIpc) is 2.84. The molecule has 134 valence electrons. The zero-order valence-corrected chi connectivity index (χ0v) is 17.1. The van der Waals surface area contributed by atoms with E-state index in [1.807, 2.05) is 18.5 Å². The second kappa shape index (κ2) is 13.5. The number of hydrogen-bond acceptors (Lipinski definition) is 4. The Morgan fingerprint density at radius 2 is 1.87 bits per heavy atom. The van der Waals surface area contributed by atoms with E-state index in [0.717, 1.165) is 50.1 Å². The van der Waals surface area contributed by atoms with Crippen LogP contribution in [0.4, 0.5) is 0 Å². The summed E-state index contributed by atoms with van der Waals surface area (Å²) in [6.07, 6.45) is 4.55. The highest BCUT2D eigenvalue weighted by atomic mass is 127. The Kier molecular flexibility index (Phi) is 13.0. The number of ether oxygens (including phenoxy) is 1. The van der Waals surface area contributed by atoms with Gasteiger partial charge in [-0.1, -0.05) is 19.8 Å². The summed E-state index contributed by atoms with van der Waals surface area (Å²) in [4.78, 5) is 4.59. The number of guanidine groups is 1. The highest BCUT2D eigenvalue weighted by Crippen LogP contribution is 1.99. The molecular weight excluding hydrogens is 407 g/mol. The third-order valence-corrected chi connectivity index (χ3v) is 3.45. The van der Waals surface area contributed by atoms with Crippen LogP contribution in [0.15, 0.2) is 4.99 Å². The fraction of sp³-hybridized carbons (Fsp3) is 0.800. The van der Waals surface area contributed by atoms with Crippen LogP contribution in [-0.4, -0.2) is 47.5 Å². The Labute approximate surface area is 156 Å². The minimum atomic E-state index is 0. The van der Waals surface area contributed by atoms with Crippen molar-refractivity contribution < 1.29 is 4.74 Å². The molecule has 7 nitrogen and oxygen atoms in total. The molecule has 8 heteroatoms. The smallest absolute Gasteiger partial charge is 0.191 e. The molecular formula is C15H31IN6O. The summed E-state index contributed by atoms with van der Waals surface area (Å²) in [7, 11) is 3.68. The Hall–Kier alpha value is -0.900. The van der Waals surface area contributed by atoms with Crippen molar-refractivity contribution in [3.8, 4) is 0 Å². The van der Waals surface area contributed by atoms with Crippen molar-refractivity contribution in [2.75, 3.05) is 26.8 Å². The van der Waals surface area contributed by atoms with Crippen molar-refractivity contribution in [2.45, 2.75) is 46.1 Å². The lowest BCUT2D eigenvalue weighted by Crippen LogP contribution is -2.38. The van der Waals surface area contributed by atoms with Crippen LogP contribution in [0.3, 0.4) is 0 Å². The second-order valence-electron chi connectivity index (χ2n) is 5.29. The standard InChI is InChI=1S/C15H30N6O.HI/c1-5-6-7-9-16-15(17-10-8-11-22-4)18-12-14-20-19-13(2)21(14)3;/h5-12H2,1-4H3,(H2,16,17,18);1H. The van der Waals surface area contributed by atoms with Crippen LogP contribution in [0, 0.1) is 6.92 Å². The number of unbranched alkanes of at least 4 members (excludes halogenated alkanes) is 2. The number of nitrogens with zero attached hydrogens (tertiary/aromatic N) is 4. The Morgan fingerprint density at radius 3 is 2.43 bits per heavy atom. The van der Waals surface area contributed by atoms with Gasteiger partial charge in [0.2, 0.25) is 0 Å². The average molecular weight is 438 g/mol. The first-order valence-corrected chi connectivity index (χ1v) is 8.05. The number of aliphatic imine (C=N–C) groups is 1. The molecule has 2 N–H and O–H groups in total. The molecule has 0 amide bonds. The zero-order chi connectivity index (χ0) is 16.2. The van der Waals surface area contributed by atoms with E-state index in [2.05, 4.69) is 32.7 Å². The van der Waals surface area contributed by atoms with E-state index in [1.165, 1.54) is 12.8 Å². The van der Waals surface area contributed by atoms with Crippen molar-refractivity contribution in [3.63, 3.8) is 0 Å². The van der Waals surface area contributed by atoms with Crippen molar-refractivity contribution in [1.29, 1.82) is 0 Å². The maximum absolute atomic E-state index is 5.06. The van der Waals surface area contributed by atoms with Gasteiger partial charge in [0.25, 0.3) is 0 Å². The maximum atomic E-state index is 5.06. The predicted octanol–water partition coefficient (Wildman–Crippen LogP) is 2.00. The van der Waals surface area contributed by atoms with Crippen LogP contribution in [0.5, 0.6) is 0 Å². The summed E-state index contributed by atoms with van der Waals surface area (Å²) in [5, 5.41) is 14.9. The molecule has 0 fully saturated rings. The molecule has 0 saturated carbocycles. The third kappa shape index (κ3) is 9.09. The van der Waals surface area contributed by atoms with Crippen molar-refractivity contribution in [2.24, 2.45) is 12.0 Å². The van der Waals surface area contributed by atoms with Gasteiger partial charge in [-0.3, -0.25) is 0 Å². The van der Waals surface area contributed by atoms with Crippen LogP contribution in [-0.2, 0) is 18.3 Å². The highest BCUT2D eigenvalue weighted by Gasteiger charge is 2.05. The van der Waals surface area contributed by atoms with Gasteiger partial charge in [0.05, 0.1) is 0 Å². The molecule has 0 radical (unpaired) electrons. The molecule has 1 aromatic heterocycles. The van der Waals surface area contributed by atoms with Gasteiger partial charge in [0, 0.05) is 33.9 Å². The fourth-order valence-corrected chi connectivity index (χ4v) is 1.92. The summed E-state index contributed by atoms with van der Waals surface area (Å²) in [5.41, 5.74) is 0. The molecule has 23 heavy (non-hydrogen) atoms. The quantitative estimate of drug-likeness (QED) is 0.253. The number of halogens is 1. The largest absolute Gasteiger partial charge is 0.385 e. The van der Waals surface area contributed by atoms with Gasteiger partial charge in [-0.15, -0.1) is 34.2 Å². The summed E-state index contributed by atoms with van der Waals surface area (Å²) < 4.78 is 7.02. The third-order valence-electron chi connectivity index (χ3n) is 3.45. The first kappa shape index (κ1) is 22.1. The molecule has 0 aliphatic heterocycles. The van der Waals surface area contributed by atoms with Crippen molar-refractivity contribution in [3.05, 3.63) is 11.6 Å². The van der Waals surface area contributed by atoms with E-state index < -0.39 is 0 Å². The van der Waals surface area contributed by atoms with Crippen molar-refractivity contribution >= 4 is 29.9 Å². The Balaban J connectivity index is 0.00000484. The van der Waals surface area contributed by atoms with Crippen molar-refractivity contribution in [1.82, 2.24) is 25.4 Å². The van der Waals surface area contributed by atoms with E-state index >= 15 is 0 Å². The van der Waals surface area contributed by atoms with Crippen LogP contribution in [0.2, 0.25) is 0 Å². The molecule has 1 heterocycles. The molecule has 0 atom stereocenters. The predicted molar refractivity (Wildman–Crippen MR) is 104 cm³/mol. The minimum absolute atomic E-state index is 0. The SMILES string of the molecule is CCCCCNC(=NCc1nnc(C)n1C)NCCCOC.I. The number of aromatic nitrogens is 3. The topological polar surface area (TPSA) is 76.4 Å². The number of hydrogen-bond donors (Lipinski definition) is 2. The summed E-state index contributed by atoms with van der Waals surface area (Å²) in [6.45, 7) is 7.18. The normalized spacial score (nSPS) is 11.2. The molecule has 0 saturated heterocycles. The summed E-state index contributed by atoms with van der Waals surface area (Å²) in [6, 6.07) is 0. The highest BCUT2D eigenvalue weighted by molar-refractivity contribution is 14.0. The van der Waals surface area contributed by atoms with Gasteiger partial charge in [-0.05, 0) is 19.8 Å². The number of nitrogens with one attached hydrogen (secondary N) is 2. The van der Waals surface area contributed by atoms with Gasteiger partial charge >= 0.3 is 0 Å². The van der Waals surface area contributed by atoms with Crippen LogP contribution in [0.25, 0.3) is 0 Å². The molecule has 0 aromatic carbocycles. The van der Waals surface area contributed by atoms with Gasteiger partial charge in [-0.25, -0.2) is 4.99 Å². The molecule has 1 rings (SSSR count). The lowest BCUT2D eigenvalue weighted by Gasteiger charge is -2.12. The molecule has 0 spiro atoms. The first-order chi connectivity index (χ1) is 10.7. The van der Waals surface area contributed by atoms with Crippen LogP contribution in [0.1, 0.15) is 44.3 Å². The second-order valence-corrected chi connectivity index (χ2v) is 5.29. The maximum Gasteiger partial charge on any atom is 0.191 e. The summed E-state index contributed by atoms with van der Waals surface area (Å²) in [5.74, 6) is 2.59. The van der Waals surface area contributed by atoms with E-state index in [0.29, 0.717) is 6.54 Å². The van der Waals surface area contributed by atoms with E-state index in [4.69, 9.17) is 4.74 Å². The Bertz CT molecular complexity index is 435. The van der Waals surface area contributed by atoms with Gasteiger partial charge in [-0.2, -0.15) is 0 Å². The number of aryl methyl sites for hydroxylation is 1. The molecule has 1 aromatic rings. The monoisotopic (exact) mass is 438 g/mol. The molecule has 0 aliphatic rings. The van der Waals surface area contributed by atoms with Crippen LogP contribution >= 0.6 is 24.0 Å². The van der Waals surface area contributed by atoms with Gasteiger partial charge in [0.1, 0.15) is 12.4 Å². The summed E-state index contributed by atoms with van der Waals surface area (Å²) >= 11 is 0. The number of methoxy groups -OCH3 is 1. The fourth-order valence-electron chi connectivity index (χ4n) is 1.92. The van der Waals surface area contributed by atoms with E-state index in [1.54, 1.807) is 7.11 Å². The number of rotatable bonds is 10. The molecule has 0 bridgehead atoms. The lowest BCUT2D eigenvalue weighted by atomic mass is 10.2. The molecule has 0 aliphatic carbocycles. The van der Waals surface area contributed by atoms with E-state index in [-0.39, 0.29) is 24.0 Å². The van der Waals surface area contributed by atoms with Gasteiger partial charge < -0.3 is 19.9 Å². The van der Waals surface area contributed by atoms with Crippen LogP contribution < -0.4 is 10.6 Å².